The second-order valence-electron chi connectivity index (χ2n) is 4.93. The zero-order valence-corrected chi connectivity index (χ0v) is 12.7. The number of benzene rings is 2. The molecule has 2 aromatic carbocycles. The number of carboxylic acid groups (broad SMARTS) is 1. The smallest absolute Gasteiger partial charge is 0.346 e. The predicted molar refractivity (Wildman–Crippen MR) is 89.5 cm³/mol. The third-order valence-corrected chi connectivity index (χ3v) is 3.72. The van der Waals surface area contributed by atoms with Gasteiger partial charge in [-0.15, -0.1) is 0 Å². The van der Waals surface area contributed by atoms with Gasteiger partial charge in [-0.3, -0.25) is 0 Å². The molecule has 0 spiro atoms. The van der Waals surface area contributed by atoms with Gasteiger partial charge in [-0.05, 0) is 30.3 Å². The third kappa shape index (κ3) is 2.83. The van der Waals surface area contributed by atoms with Gasteiger partial charge in [0.1, 0.15) is 11.6 Å². The Labute approximate surface area is 137 Å². The van der Waals surface area contributed by atoms with Gasteiger partial charge < -0.3 is 9.67 Å². The topological polar surface area (TPSA) is 66.0 Å². The van der Waals surface area contributed by atoms with Crippen LogP contribution in [0.15, 0.2) is 60.3 Å². The highest BCUT2D eigenvalue weighted by atomic mass is 35.5. The van der Waals surface area contributed by atoms with Crippen LogP contribution in [0.25, 0.3) is 22.7 Å². The first kappa shape index (κ1) is 14.9. The summed E-state index contributed by atoms with van der Waals surface area (Å²) in [4.78, 5) is 11.1. The minimum Gasteiger partial charge on any atom is -0.477 e. The lowest BCUT2D eigenvalue weighted by molar-refractivity contribution is -0.132. The van der Waals surface area contributed by atoms with Crippen LogP contribution < -0.4 is 0 Å². The Kier molecular flexibility index (Phi) is 3.88. The van der Waals surface area contributed by atoms with Gasteiger partial charge in [-0.25, -0.2) is 4.79 Å². The van der Waals surface area contributed by atoms with Crippen LogP contribution in [0.5, 0.6) is 0 Å². The molecule has 0 fully saturated rings. The number of aliphatic carboxylic acids is 1. The highest BCUT2D eigenvalue weighted by Crippen LogP contribution is 2.29. The summed E-state index contributed by atoms with van der Waals surface area (Å²) in [6.45, 7) is 0. The molecule has 4 nitrogen and oxygen atoms in total. The predicted octanol–water partition coefficient (Wildman–Crippen LogP) is 4.28. The van der Waals surface area contributed by atoms with Crippen LogP contribution in [0.2, 0.25) is 5.02 Å². The van der Waals surface area contributed by atoms with Crippen LogP contribution in [0.4, 0.5) is 0 Å². The average Bonchev–Trinajstić information content (AvgIpc) is 2.90. The van der Waals surface area contributed by atoms with Crippen molar-refractivity contribution in [2.45, 2.75) is 0 Å². The Morgan fingerprint density at radius 1 is 1.22 bits per heavy atom. The van der Waals surface area contributed by atoms with E-state index in [0.717, 1.165) is 16.6 Å². The summed E-state index contributed by atoms with van der Waals surface area (Å²) in [5.41, 5.74) is 2.11. The molecule has 1 N–H and O–H groups in total. The number of nitrogens with zero attached hydrogens (tertiary/aromatic N) is 2. The largest absolute Gasteiger partial charge is 0.477 e. The SMILES string of the molecule is N#C/C(=C\c1cn(-c2ccccc2)c2cc(Cl)ccc12)C(=O)O. The Morgan fingerprint density at radius 3 is 2.61 bits per heavy atom. The van der Waals surface area contributed by atoms with Crippen LogP contribution in [-0.2, 0) is 4.79 Å². The molecule has 3 rings (SSSR count). The second kappa shape index (κ2) is 5.99. The summed E-state index contributed by atoms with van der Waals surface area (Å²) in [5, 5.41) is 19.4. The molecule has 0 aliphatic carbocycles. The van der Waals surface area contributed by atoms with E-state index in [0.29, 0.717) is 10.6 Å². The molecule has 23 heavy (non-hydrogen) atoms. The van der Waals surface area contributed by atoms with Gasteiger partial charge in [0.2, 0.25) is 0 Å². The summed E-state index contributed by atoms with van der Waals surface area (Å²) in [6, 6.07) is 16.7. The van der Waals surface area contributed by atoms with Gasteiger partial charge in [-0.2, -0.15) is 5.26 Å². The maximum Gasteiger partial charge on any atom is 0.346 e. The van der Waals surface area contributed by atoms with Crippen LogP contribution in [0.1, 0.15) is 5.56 Å². The van der Waals surface area contributed by atoms with Crippen molar-refractivity contribution in [3.63, 3.8) is 0 Å². The highest BCUT2D eigenvalue weighted by molar-refractivity contribution is 6.31. The first-order valence-electron chi connectivity index (χ1n) is 6.81. The summed E-state index contributed by atoms with van der Waals surface area (Å²) in [6.07, 6.45) is 3.18. The van der Waals surface area contributed by atoms with Crippen LogP contribution in [-0.4, -0.2) is 15.6 Å². The lowest BCUT2D eigenvalue weighted by Gasteiger charge is -2.04. The Balaban J connectivity index is 2.29. The van der Waals surface area contributed by atoms with Gasteiger partial charge in [0.15, 0.2) is 0 Å². The highest BCUT2D eigenvalue weighted by Gasteiger charge is 2.12. The van der Waals surface area contributed by atoms with E-state index in [2.05, 4.69) is 0 Å². The summed E-state index contributed by atoms with van der Waals surface area (Å²) in [7, 11) is 0. The molecule has 0 atom stereocenters. The first-order valence-corrected chi connectivity index (χ1v) is 7.19. The minimum absolute atomic E-state index is 0.313. The minimum atomic E-state index is -1.25. The Morgan fingerprint density at radius 2 is 1.96 bits per heavy atom. The molecule has 3 aromatic rings. The van der Waals surface area contributed by atoms with Gasteiger partial charge in [-0.1, -0.05) is 35.9 Å². The summed E-state index contributed by atoms with van der Waals surface area (Å²) in [5.74, 6) is -1.25. The van der Waals surface area contributed by atoms with Crippen molar-refractivity contribution in [3.8, 4) is 11.8 Å². The first-order chi connectivity index (χ1) is 11.1. The van der Waals surface area contributed by atoms with Crippen LogP contribution in [0, 0.1) is 11.3 Å². The van der Waals surface area contributed by atoms with Crippen molar-refractivity contribution in [2.24, 2.45) is 0 Å². The molecule has 0 aliphatic rings. The number of halogens is 1. The zero-order valence-electron chi connectivity index (χ0n) is 11.9. The van der Waals surface area contributed by atoms with Crippen molar-refractivity contribution in [3.05, 3.63) is 70.9 Å². The van der Waals surface area contributed by atoms with E-state index in [1.807, 2.05) is 47.0 Å². The average molecular weight is 323 g/mol. The third-order valence-electron chi connectivity index (χ3n) is 3.48. The van der Waals surface area contributed by atoms with E-state index in [-0.39, 0.29) is 5.57 Å². The number of hydrogen-bond donors (Lipinski definition) is 1. The normalized spacial score (nSPS) is 11.4. The maximum absolute atomic E-state index is 11.1. The quantitative estimate of drug-likeness (QED) is 0.578. The standard InChI is InChI=1S/C18H11ClN2O2/c19-14-6-7-16-13(8-12(10-20)18(22)23)11-21(17(16)9-14)15-4-2-1-3-5-15/h1-9,11H,(H,22,23)/b12-8+. The number of aromatic nitrogens is 1. The molecule has 1 heterocycles. The molecule has 0 radical (unpaired) electrons. The number of rotatable bonds is 3. The molecule has 0 unspecified atom stereocenters. The molecule has 0 saturated heterocycles. The van der Waals surface area contributed by atoms with Crippen molar-refractivity contribution in [2.75, 3.05) is 0 Å². The van der Waals surface area contributed by atoms with E-state index in [4.69, 9.17) is 22.0 Å². The maximum atomic E-state index is 11.1. The number of carbonyl (C=O) groups is 1. The number of carboxylic acids is 1. The monoisotopic (exact) mass is 322 g/mol. The fourth-order valence-electron chi connectivity index (χ4n) is 2.44. The summed E-state index contributed by atoms with van der Waals surface area (Å²) < 4.78 is 1.92. The van der Waals surface area contributed by atoms with E-state index in [1.54, 1.807) is 18.3 Å². The molecule has 0 amide bonds. The molecule has 1 aromatic heterocycles. The van der Waals surface area contributed by atoms with Crippen molar-refractivity contribution in [1.29, 1.82) is 5.26 Å². The molecular weight excluding hydrogens is 312 g/mol. The number of fused-ring (bicyclic) bond motifs is 1. The van der Waals surface area contributed by atoms with Gasteiger partial charge in [0, 0.05) is 27.9 Å². The van der Waals surface area contributed by atoms with Crippen molar-refractivity contribution in [1.82, 2.24) is 4.57 Å². The second-order valence-corrected chi connectivity index (χ2v) is 5.36. The Bertz CT molecular complexity index is 966. The van der Waals surface area contributed by atoms with E-state index < -0.39 is 5.97 Å². The van der Waals surface area contributed by atoms with Gasteiger partial charge >= 0.3 is 5.97 Å². The molecule has 0 aliphatic heterocycles. The van der Waals surface area contributed by atoms with Crippen molar-refractivity contribution < 1.29 is 9.90 Å². The molecular formula is C18H11ClN2O2. The zero-order chi connectivity index (χ0) is 16.4. The van der Waals surface area contributed by atoms with Crippen LogP contribution in [0.3, 0.4) is 0 Å². The Hall–Kier alpha value is -3.03. The van der Waals surface area contributed by atoms with E-state index in [9.17, 15) is 4.79 Å². The van der Waals surface area contributed by atoms with Crippen molar-refractivity contribution >= 4 is 34.5 Å². The number of hydrogen-bond acceptors (Lipinski definition) is 2. The lowest BCUT2D eigenvalue weighted by atomic mass is 10.1. The van der Waals surface area contributed by atoms with E-state index >= 15 is 0 Å². The fraction of sp³-hybridized carbons (Fsp3) is 0. The summed E-state index contributed by atoms with van der Waals surface area (Å²) >= 11 is 6.10. The lowest BCUT2D eigenvalue weighted by Crippen LogP contribution is -1.97. The number of para-hydroxylation sites is 1. The van der Waals surface area contributed by atoms with Gasteiger partial charge in [0.05, 0.1) is 5.52 Å². The van der Waals surface area contributed by atoms with E-state index in [1.165, 1.54) is 6.08 Å². The fourth-order valence-corrected chi connectivity index (χ4v) is 2.61. The van der Waals surface area contributed by atoms with Crippen LogP contribution >= 0.6 is 11.6 Å². The molecule has 5 heteroatoms. The molecule has 0 saturated carbocycles. The molecule has 0 bridgehead atoms. The van der Waals surface area contributed by atoms with Gasteiger partial charge in [0.25, 0.3) is 0 Å². The number of nitriles is 1. The molecule has 112 valence electrons.